The quantitative estimate of drug-likeness (QED) is 0.619. The largest absolute Gasteiger partial charge is 0.494 e. The van der Waals surface area contributed by atoms with Crippen molar-refractivity contribution in [2.75, 3.05) is 12.9 Å². The molecule has 1 heterocycles. The van der Waals surface area contributed by atoms with Crippen LogP contribution in [0.1, 0.15) is 10.4 Å². The molecular formula is C12H12FN3O2S. The number of hydrogen-bond donors (Lipinski definition) is 0. The first-order valence-electron chi connectivity index (χ1n) is 5.45. The van der Waals surface area contributed by atoms with Gasteiger partial charge in [-0.1, -0.05) is 11.8 Å². The highest BCUT2D eigenvalue weighted by Gasteiger charge is 2.12. The topological polar surface area (TPSA) is 57.0 Å². The number of ether oxygens (including phenoxy) is 1. The van der Waals surface area contributed by atoms with Crippen molar-refractivity contribution in [3.63, 3.8) is 0 Å². The molecule has 100 valence electrons. The minimum atomic E-state index is -0.544. The Labute approximate surface area is 113 Å². The first kappa shape index (κ1) is 13.5. The van der Waals surface area contributed by atoms with Crippen LogP contribution < -0.4 is 4.74 Å². The summed E-state index contributed by atoms with van der Waals surface area (Å²) in [4.78, 5) is 15.9. The molecule has 0 saturated heterocycles. The van der Waals surface area contributed by atoms with Crippen molar-refractivity contribution in [1.29, 1.82) is 0 Å². The molecule has 0 saturated carbocycles. The van der Waals surface area contributed by atoms with Gasteiger partial charge in [0.25, 0.3) is 0 Å². The van der Waals surface area contributed by atoms with Crippen LogP contribution >= 0.6 is 11.8 Å². The Morgan fingerprint density at radius 3 is 2.89 bits per heavy atom. The highest BCUT2D eigenvalue weighted by molar-refractivity contribution is 7.99. The minimum Gasteiger partial charge on any atom is -0.494 e. The molecule has 5 nitrogen and oxygen atoms in total. The van der Waals surface area contributed by atoms with E-state index in [2.05, 4.69) is 10.1 Å². The van der Waals surface area contributed by atoms with E-state index in [9.17, 15) is 9.18 Å². The van der Waals surface area contributed by atoms with Crippen molar-refractivity contribution in [2.45, 2.75) is 5.16 Å². The molecule has 1 aromatic heterocycles. The van der Waals surface area contributed by atoms with Crippen molar-refractivity contribution < 1.29 is 13.9 Å². The number of benzene rings is 1. The fourth-order valence-electron chi connectivity index (χ4n) is 1.47. The highest BCUT2D eigenvalue weighted by atomic mass is 32.2. The minimum absolute atomic E-state index is 0.123. The van der Waals surface area contributed by atoms with Crippen molar-refractivity contribution in [3.8, 4) is 5.75 Å². The molecule has 0 bridgehead atoms. The van der Waals surface area contributed by atoms with Crippen LogP contribution in [-0.2, 0) is 7.05 Å². The molecule has 2 rings (SSSR count). The van der Waals surface area contributed by atoms with E-state index in [1.165, 1.54) is 37.3 Å². The second-order valence-electron chi connectivity index (χ2n) is 3.73. The number of aromatic nitrogens is 3. The molecule has 0 amide bonds. The third-order valence-electron chi connectivity index (χ3n) is 2.48. The molecule has 7 heteroatoms. The van der Waals surface area contributed by atoms with Crippen LogP contribution in [0.15, 0.2) is 29.7 Å². The second kappa shape index (κ2) is 5.83. The number of methoxy groups -OCH3 is 1. The normalized spacial score (nSPS) is 10.5. The summed E-state index contributed by atoms with van der Waals surface area (Å²) in [5.74, 6) is -0.415. The summed E-state index contributed by atoms with van der Waals surface area (Å²) in [6, 6.07) is 4.16. The molecule has 0 aliphatic carbocycles. The van der Waals surface area contributed by atoms with Gasteiger partial charge >= 0.3 is 0 Å². The number of rotatable bonds is 5. The Hall–Kier alpha value is -1.89. The Morgan fingerprint density at radius 1 is 1.53 bits per heavy atom. The number of halogens is 1. The molecule has 0 aliphatic rings. The lowest BCUT2D eigenvalue weighted by Gasteiger charge is -2.04. The average molecular weight is 281 g/mol. The van der Waals surface area contributed by atoms with Crippen LogP contribution in [0.25, 0.3) is 0 Å². The number of thioether (sulfide) groups is 1. The Bertz CT molecular complexity index is 600. The van der Waals surface area contributed by atoms with E-state index in [1.807, 2.05) is 0 Å². The lowest BCUT2D eigenvalue weighted by Crippen LogP contribution is -2.05. The molecule has 0 atom stereocenters. The van der Waals surface area contributed by atoms with Crippen LogP contribution in [0.2, 0.25) is 0 Å². The van der Waals surface area contributed by atoms with Gasteiger partial charge in [-0.15, -0.1) is 0 Å². The number of nitrogens with zero attached hydrogens (tertiary/aromatic N) is 3. The van der Waals surface area contributed by atoms with Crippen LogP contribution in [0.3, 0.4) is 0 Å². The standard InChI is InChI=1S/C12H12FN3O2S/c1-16-12(14-7-15-16)19-6-10(17)8-3-4-11(18-2)9(13)5-8/h3-5,7H,6H2,1-2H3. The zero-order valence-electron chi connectivity index (χ0n) is 10.5. The van der Waals surface area contributed by atoms with Crippen molar-refractivity contribution >= 4 is 17.5 Å². The van der Waals surface area contributed by atoms with Crippen LogP contribution in [-0.4, -0.2) is 33.4 Å². The maximum absolute atomic E-state index is 13.5. The smallest absolute Gasteiger partial charge is 0.186 e. The molecule has 0 N–H and O–H groups in total. The molecule has 19 heavy (non-hydrogen) atoms. The number of aryl methyl sites for hydroxylation is 1. The van der Waals surface area contributed by atoms with Gasteiger partial charge in [-0.25, -0.2) is 14.1 Å². The van der Waals surface area contributed by atoms with Gasteiger partial charge in [0.15, 0.2) is 22.5 Å². The fraction of sp³-hybridized carbons (Fsp3) is 0.250. The summed E-state index contributed by atoms with van der Waals surface area (Å²) < 4.78 is 19.9. The van der Waals surface area contributed by atoms with Gasteiger partial charge in [0.2, 0.25) is 0 Å². The number of carbonyl (C=O) groups is 1. The van der Waals surface area contributed by atoms with E-state index in [0.717, 1.165) is 0 Å². The first-order valence-corrected chi connectivity index (χ1v) is 6.44. The molecule has 0 radical (unpaired) electrons. The average Bonchev–Trinajstić information content (AvgIpc) is 2.81. The van der Waals surface area contributed by atoms with Crippen LogP contribution in [0.5, 0.6) is 5.75 Å². The third-order valence-corrected chi connectivity index (χ3v) is 3.51. The predicted molar refractivity (Wildman–Crippen MR) is 69.0 cm³/mol. The summed E-state index contributed by atoms with van der Waals surface area (Å²) in [6.07, 6.45) is 1.42. The Morgan fingerprint density at radius 2 is 2.32 bits per heavy atom. The lowest BCUT2D eigenvalue weighted by molar-refractivity contribution is 0.102. The van der Waals surface area contributed by atoms with Gasteiger partial charge in [-0.2, -0.15) is 5.10 Å². The maximum atomic E-state index is 13.5. The fourth-order valence-corrected chi connectivity index (χ4v) is 2.25. The van der Waals surface area contributed by atoms with E-state index in [4.69, 9.17) is 4.74 Å². The summed E-state index contributed by atoms with van der Waals surface area (Å²) in [5.41, 5.74) is 0.313. The van der Waals surface area contributed by atoms with Gasteiger partial charge in [0.05, 0.1) is 12.9 Å². The predicted octanol–water partition coefficient (Wildman–Crippen LogP) is 1.94. The van der Waals surface area contributed by atoms with E-state index in [1.54, 1.807) is 17.8 Å². The summed E-state index contributed by atoms with van der Waals surface area (Å²) in [6.45, 7) is 0. The monoisotopic (exact) mass is 281 g/mol. The molecule has 0 unspecified atom stereocenters. The van der Waals surface area contributed by atoms with Gasteiger partial charge in [-0.05, 0) is 18.2 Å². The van der Waals surface area contributed by atoms with Crippen molar-refractivity contribution in [3.05, 3.63) is 35.9 Å². The van der Waals surface area contributed by atoms with Gasteiger partial charge in [0, 0.05) is 12.6 Å². The maximum Gasteiger partial charge on any atom is 0.186 e. The zero-order valence-corrected chi connectivity index (χ0v) is 11.3. The number of Topliss-reactive ketones (excluding diaryl/α,β-unsaturated/α-hetero) is 1. The Balaban J connectivity index is 2.04. The first-order chi connectivity index (χ1) is 9.11. The van der Waals surface area contributed by atoms with Gasteiger partial charge in [0.1, 0.15) is 6.33 Å². The zero-order chi connectivity index (χ0) is 13.8. The number of hydrogen-bond acceptors (Lipinski definition) is 5. The van der Waals surface area contributed by atoms with E-state index >= 15 is 0 Å². The Kier molecular flexibility index (Phi) is 4.16. The van der Waals surface area contributed by atoms with Crippen LogP contribution in [0, 0.1) is 5.82 Å². The van der Waals surface area contributed by atoms with Gasteiger partial charge in [-0.3, -0.25) is 4.79 Å². The molecule has 0 spiro atoms. The molecular weight excluding hydrogens is 269 g/mol. The summed E-state index contributed by atoms with van der Waals surface area (Å²) in [5, 5.41) is 4.54. The second-order valence-corrected chi connectivity index (χ2v) is 4.67. The highest BCUT2D eigenvalue weighted by Crippen LogP contribution is 2.20. The molecule has 2 aromatic rings. The number of carbonyl (C=O) groups excluding carboxylic acids is 1. The molecule has 0 fully saturated rings. The van der Waals surface area contributed by atoms with Gasteiger partial charge < -0.3 is 4.74 Å². The van der Waals surface area contributed by atoms with Crippen molar-refractivity contribution in [2.24, 2.45) is 7.05 Å². The summed E-state index contributed by atoms with van der Waals surface area (Å²) in [7, 11) is 3.12. The van der Waals surface area contributed by atoms with E-state index < -0.39 is 5.82 Å². The summed E-state index contributed by atoms with van der Waals surface area (Å²) >= 11 is 1.26. The van der Waals surface area contributed by atoms with E-state index in [-0.39, 0.29) is 17.3 Å². The molecule has 1 aromatic carbocycles. The SMILES string of the molecule is COc1ccc(C(=O)CSc2ncnn2C)cc1F. The molecule has 0 aliphatic heterocycles. The van der Waals surface area contributed by atoms with Crippen LogP contribution in [0.4, 0.5) is 4.39 Å². The number of ketones is 1. The third kappa shape index (κ3) is 3.11. The van der Waals surface area contributed by atoms with E-state index in [0.29, 0.717) is 10.7 Å². The van der Waals surface area contributed by atoms with Crippen molar-refractivity contribution in [1.82, 2.24) is 14.8 Å². The lowest BCUT2D eigenvalue weighted by atomic mass is 10.1.